The average Bonchev–Trinajstić information content (AvgIpc) is 2.80. The van der Waals surface area contributed by atoms with E-state index in [1.807, 2.05) is 11.8 Å². The van der Waals surface area contributed by atoms with Gasteiger partial charge in [-0.05, 0) is 19.9 Å². The first kappa shape index (κ1) is 15.1. The number of hydrogen-bond acceptors (Lipinski definition) is 6. The summed E-state index contributed by atoms with van der Waals surface area (Å²) in [4.78, 5) is 21.5. The molecule has 0 spiro atoms. The molecule has 0 aliphatic carbocycles. The van der Waals surface area contributed by atoms with Crippen molar-refractivity contribution in [3.05, 3.63) is 4.88 Å². The van der Waals surface area contributed by atoms with Crippen molar-refractivity contribution in [3.63, 3.8) is 0 Å². The van der Waals surface area contributed by atoms with Gasteiger partial charge in [0.05, 0.1) is 0 Å². The molecular formula is C13H23N5OS. The van der Waals surface area contributed by atoms with Crippen molar-refractivity contribution in [2.24, 2.45) is 0 Å². The fourth-order valence-corrected chi connectivity index (χ4v) is 3.27. The molecule has 0 radical (unpaired) electrons. The van der Waals surface area contributed by atoms with Crippen LogP contribution in [0.25, 0.3) is 0 Å². The fraction of sp³-hybridized carbons (Fsp3) is 0.692. The number of nitrogens with two attached hydrogens (primary N) is 1. The first-order valence-corrected chi connectivity index (χ1v) is 7.99. The molecule has 112 valence electrons. The number of rotatable bonds is 5. The number of carbonyl (C=O) groups is 1. The van der Waals surface area contributed by atoms with E-state index in [1.54, 1.807) is 0 Å². The molecule has 2 heterocycles. The molecular weight excluding hydrogens is 274 g/mol. The van der Waals surface area contributed by atoms with Crippen molar-refractivity contribution in [1.29, 1.82) is 0 Å². The predicted molar refractivity (Wildman–Crippen MR) is 83.3 cm³/mol. The van der Waals surface area contributed by atoms with E-state index in [2.05, 4.69) is 22.1 Å². The number of carbonyl (C=O) groups excluding carboxylic acids is 1. The minimum Gasteiger partial charge on any atom is -0.382 e. The maximum atomic E-state index is 12.5. The van der Waals surface area contributed by atoms with Crippen LogP contribution in [0.1, 0.15) is 29.9 Å². The highest BCUT2D eigenvalue weighted by Crippen LogP contribution is 2.26. The standard InChI is InChI=1S/C13H23N5OS/c1-3-5-17-6-8-18(9-7-17)12(19)10-11(14)16-13(20-10)15-4-2/h3-9,14H2,1-2H3,(H,15,16). The molecule has 0 bridgehead atoms. The minimum absolute atomic E-state index is 0.0142. The van der Waals surface area contributed by atoms with Gasteiger partial charge in [-0.3, -0.25) is 9.69 Å². The Balaban J connectivity index is 1.98. The largest absolute Gasteiger partial charge is 0.382 e. The third-order valence-electron chi connectivity index (χ3n) is 3.37. The van der Waals surface area contributed by atoms with E-state index < -0.39 is 0 Å². The van der Waals surface area contributed by atoms with Crippen LogP contribution in [0.5, 0.6) is 0 Å². The van der Waals surface area contributed by atoms with Gasteiger partial charge in [0.15, 0.2) is 5.13 Å². The molecule has 7 heteroatoms. The zero-order valence-corrected chi connectivity index (χ0v) is 13.0. The van der Waals surface area contributed by atoms with Crippen LogP contribution in [0.4, 0.5) is 10.9 Å². The quantitative estimate of drug-likeness (QED) is 0.857. The summed E-state index contributed by atoms with van der Waals surface area (Å²) in [5.41, 5.74) is 5.86. The Morgan fingerprint density at radius 2 is 2.05 bits per heavy atom. The van der Waals surface area contributed by atoms with Crippen molar-refractivity contribution in [1.82, 2.24) is 14.8 Å². The summed E-state index contributed by atoms with van der Waals surface area (Å²) in [6.45, 7) is 9.48. The Morgan fingerprint density at radius 3 is 2.65 bits per heavy atom. The molecule has 0 atom stereocenters. The van der Waals surface area contributed by atoms with Gasteiger partial charge < -0.3 is 16.0 Å². The Hall–Kier alpha value is -1.34. The Labute approximate surface area is 124 Å². The number of nitrogens with one attached hydrogen (secondary N) is 1. The van der Waals surface area contributed by atoms with Crippen molar-refractivity contribution < 1.29 is 4.79 Å². The number of anilines is 2. The summed E-state index contributed by atoms with van der Waals surface area (Å²) in [5, 5.41) is 3.82. The van der Waals surface area contributed by atoms with Crippen LogP contribution in [0.15, 0.2) is 0 Å². The van der Waals surface area contributed by atoms with Crippen molar-refractivity contribution in [3.8, 4) is 0 Å². The maximum Gasteiger partial charge on any atom is 0.267 e. The smallest absolute Gasteiger partial charge is 0.267 e. The van der Waals surface area contributed by atoms with E-state index in [0.29, 0.717) is 10.7 Å². The summed E-state index contributed by atoms with van der Waals surface area (Å²) in [7, 11) is 0. The molecule has 1 aromatic heterocycles. The molecule has 1 amide bonds. The van der Waals surface area contributed by atoms with Crippen LogP contribution in [0.2, 0.25) is 0 Å². The molecule has 2 rings (SSSR count). The Morgan fingerprint density at radius 1 is 1.35 bits per heavy atom. The lowest BCUT2D eigenvalue weighted by molar-refractivity contribution is 0.0643. The second kappa shape index (κ2) is 6.90. The SMILES string of the molecule is CCCN1CCN(C(=O)c2sc(NCC)nc2N)CC1. The number of nitrogens with zero attached hydrogens (tertiary/aromatic N) is 3. The van der Waals surface area contributed by atoms with Gasteiger partial charge in [-0.1, -0.05) is 18.3 Å². The first-order valence-electron chi connectivity index (χ1n) is 7.17. The summed E-state index contributed by atoms with van der Waals surface area (Å²) >= 11 is 1.34. The number of thiazole rings is 1. The molecule has 1 aliphatic rings. The summed E-state index contributed by atoms with van der Waals surface area (Å²) in [5.74, 6) is 0.354. The summed E-state index contributed by atoms with van der Waals surface area (Å²) < 4.78 is 0. The molecule has 1 aromatic rings. The van der Waals surface area contributed by atoms with Crippen LogP contribution < -0.4 is 11.1 Å². The highest BCUT2D eigenvalue weighted by atomic mass is 32.1. The van der Waals surface area contributed by atoms with E-state index in [4.69, 9.17) is 5.73 Å². The first-order chi connectivity index (χ1) is 9.65. The summed E-state index contributed by atoms with van der Waals surface area (Å²) in [6, 6.07) is 0. The van der Waals surface area contributed by atoms with Crippen LogP contribution in [-0.2, 0) is 0 Å². The summed E-state index contributed by atoms with van der Waals surface area (Å²) in [6.07, 6.45) is 1.15. The van der Waals surface area contributed by atoms with Gasteiger partial charge in [0.1, 0.15) is 10.7 Å². The van der Waals surface area contributed by atoms with Crippen LogP contribution in [0.3, 0.4) is 0 Å². The Kier molecular flexibility index (Phi) is 5.19. The van der Waals surface area contributed by atoms with Gasteiger partial charge in [0.25, 0.3) is 5.91 Å². The second-order valence-electron chi connectivity index (χ2n) is 4.90. The van der Waals surface area contributed by atoms with E-state index in [1.165, 1.54) is 11.3 Å². The normalized spacial score (nSPS) is 16.4. The lowest BCUT2D eigenvalue weighted by Gasteiger charge is -2.34. The molecule has 3 N–H and O–H groups in total. The van der Waals surface area contributed by atoms with Crippen LogP contribution in [0, 0.1) is 0 Å². The van der Waals surface area contributed by atoms with Gasteiger partial charge in [-0.15, -0.1) is 0 Å². The molecule has 1 fully saturated rings. The zero-order chi connectivity index (χ0) is 14.5. The monoisotopic (exact) mass is 297 g/mol. The maximum absolute atomic E-state index is 12.5. The van der Waals surface area contributed by atoms with Crippen LogP contribution >= 0.6 is 11.3 Å². The molecule has 6 nitrogen and oxygen atoms in total. The zero-order valence-electron chi connectivity index (χ0n) is 12.2. The highest BCUT2D eigenvalue weighted by Gasteiger charge is 2.25. The van der Waals surface area contributed by atoms with Gasteiger partial charge in [0.2, 0.25) is 0 Å². The average molecular weight is 297 g/mol. The van der Waals surface area contributed by atoms with Crippen molar-refractivity contribution in [2.45, 2.75) is 20.3 Å². The van der Waals surface area contributed by atoms with Gasteiger partial charge in [-0.25, -0.2) is 4.98 Å². The molecule has 1 aliphatic heterocycles. The third-order valence-corrected chi connectivity index (χ3v) is 4.39. The minimum atomic E-state index is 0.0142. The number of aromatic nitrogens is 1. The highest BCUT2D eigenvalue weighted by molar-refractivity contribution is 7.18. The Bertz CT molecular complexity index is 454. The van der Waals surface area contributed by atoms with E-state index in [-0.39, 0.29) is 5.91 Å². The van der Waals surface area contributed by atoms with Crippen molar-refractivity contribution in [2.75, 3.05) is 50.3 Å². The number of hydrogen-bond donors (Lipinski definition) is 2. The molecule has 0 aromatic carbocycles. The van der Waals surface area contributed by atoms with Gasteiger partial charge >= 0.3 is 0 Å². The lowest BCUT2D eigenvalue weighted by atomic mass is 10.3. The van der Waals surface area contributed by atoms with Gasteiger partial charge in [-0.2, -0.15) is 0 Å². The van der Waals surface area contributed by atoms with E-state index in [9.17, 15) is 4.79 Å². The molecule has 0 unspecified atom stereocenters. The molecule has 1 saturated heterocycles. The predicted octanol–water partition coefficient (Wildman–Crippen LogP) is 1.32. The lowest BCUT2D eigenvalue weighted by Crippen LogP contribution is -2.48. The second-order valence-corrected chi connectivity index (χ2v) is 5.90. The van der Waals surface area contributed by atoms with Crippen molar-refractivity contribution >= 4 is 28.2 Å². The van der Waals surface area contributed by atoms with E-state index in [0.717, 1.165) is 50.8 Å². The van der Waals surface area contributed by atoms with E-state index >= 15 is 0 Å². The molecule has 0 saturated carbocycles. The number of amides is 1. The van der Waals surface area contributed by atoms with Crippen LogP contribution in [-0.4, -0.2) is 60.0 Å². The topological polar surface area (TPSA) is 74.5 Å². The van der Waals surface area contributed by atoms with Gasteiger partial charge in [0, 0.05) is 32.7 Å². The molecule has 20 heavy (non-hydrogen) atoms. The fourth-order valence-electron chi connectivity index (χ4n) is 2.35. The third kappa shape index (κ3) is 3.40. The number of piperazine rings is 1. The number of nitrogen functional groups attached to an aromatic ring is 1.